The average Bonchev–Trinajstić information content (AvgIpc) is 2.04. The molecule has 0 amide bonds. The Kier molecular flexibility index (Phi) is 1.53. The lowest BCUT2D eigenvalue weighted by molar-refractivity contribution is 0.824. The summed E-state index contributed by atoms with van der Waals surface area (Å²) in [5.74, 6) is 0. The zero-order valence-electron chi connectivity index (χ0n) is 6.72. The van der Waals surface area contributed by atoms with Gasteiger partial charge in [0.15, 0.2) is 0 Å². The van der Waals surface area contributed by atoms with Crippen LogP contribution in [0.3, 0.4) is 0 Å². The van der Waals surface area contributed by atoms with E-state index < -0.39 is 0 Å². The molecule has 2 nitrogen and oxygen atoms in total. The van der Waals surface area contributed by atoms with Crippen molar-refractivity contribution < 1.29 is 0 Å². The highest BCUT2D eigenvalue weighted by molar-refractivity contribution is 5.51. The van der Waals surface area contributed by atoms with Crippen molar-refractivity contribution in [2.45, 2.75) is 19.8 Å². The molecule has 2 heteroatoms. The van der Waals surface area contributed by atoms with Crippen molar-refractivity contribution in [3.8, 4) is 0 Å². The largest absolute Gasteiger partial charge is 0.384 e. The van der Waals surface area contributed by atoms with Gasteiger partial charge in [0, 0.05) is 12.2 Å². The van der Waals surface area contributed by atoms with Gasteiger partial charge in [-0.2, -0.15) is 0 Å². The van der Waals surface area contributed by atoms with Crippen LogP contribution in [0, 0.1) is 6.92 Å². The summed E-state index contributed by atoms with van der Waals surface area (Å²) in [6.45, 7) is 3.13. The fourth-order valence-electron chi connectivity index (χ4n) is 1.48. The molecule has 0 spiro atoms. The second-order valence-corrected chi connectivity index (χ2v) is 3.01. The van der Waals surface area contributed by atoms with Gasteiger partial charge in [-0.25, -0.2) is 0 Å². The minimum Gasteiger partial charge on any atom is -0.384 e. The molecule has 0 saturated carbocycles. The summed E-state index contributed by atoms with van der Waals surface area (Å²) >= 11 is 0. The van der Waals surface area contributed by atoms with E-state index in [2.05, 4.69) is 16.4 Å². The highest BCUT2D eigenvalue weighted by Crippen LogP contribution is 2.20. The SMILES string of the molecule is Cc1cc2c(cn1)NCCC2. The maximum atomic E-state index is 4.23. The number of aromatic nitrogens is 1. The molecule has 1 aliphatic heterocycles. The molecular weight excluding hydrogens is 136 g/mol. The predicted octanol–water partition coefficient (Wildman–Crippen LogP) is 1.75. The Morgan fingerprint density at radius 3 is 3.36 bits per heavy atom. The van der Waals surface area contributed by atoms with Crippen LogP contribution < -0.4 is 5.32 Å². The van der Waals surface area contributed by atoms with E-state index in [-0.39, 0.29) is 0 Å². The number of fused-ring (bicyclic) bond motifs is 1. The quantitative estimate of drug-likeness (QED) is 0.606. The zero-order valence-corrected chi connectivity index (χ0v) is 6.72. The molecule has 1 N–H and O–H groups in total. The normalized spacial score (nSPS) is 15.4. The summed E-state index contributed by atoms with van der Waals surface area (Å²) in [6, 6.07) is 2.17. The van der Waals surface area contributed by atoms with E-state index in [1.54, 1.807) is 0 Å². The van der Waals surface area contributed by atoms with Crippen molar-refractivity contribution in [1.29, 1.82) is 0 Å². The Labute approximate surface area is 66.7 Å². The molecule has 0 unspecified atom stereocenters. The maximum Gasteiger partial charge on any atom is 0.0559 e. The van der Waals surface area contributed by atoms with Gasteiger partial charge < -0.3 is 5.32 Å². The lowest BCUT2D eigenvalue weighted by Crippen LogP contribution is -2.12. The number of nitrogens with one attached hydrogen (secondary N) is 1. The van der Waals surface area contributed by atoms with Crippen molar-refractivity contribution in [1.82, 2.24) is 4.98 Å². The molecule has 1 aliphatic rings. The Morgan fingerprint density at radius 2 is 2.45 bits per heavy atom. The summed E-state index contributed by atoms with van der Waals surface area (Å²) in [5, 5.41) is 3.33. The Bertz CT molecular complexity index is 268. The van der Waals surface area contributed by atoms with Crippen LogP contribution in [0.25, 0.3) is 0 Å². The molecule has 1 aromatic heterocycles. The first kappa shape index (κ1) is 6.65. The molecule has 0 aliphatic carbocycles. The van der Waals surface area contributed by atoms with Crippen molar-refractivity contribution in [2.24, 2.45) is 0 Å². The van der Waals surface area contributed by atoms with Gasteiger partial charge in [0.1, 0.15) is 0 Å². The number of nitrogens with zero attached hydrogens (tertiary/aromatic N) is 1. The molecule has 11 heavy (non-hydrogen) atoms. The molecule has 2 rings (SSSR count). The molecule has 2 heterocycles. The van der Waals surface area contributed by atoms with Gasteiger partial charge in [-0.05, 0) is 31.4 Å². The Hall–Kier alpha value is -1.05. The lowest BCUT2D eigenvalue weighted by atomic mass is 10.1. The average molecular weight is 148 g/mol. The minimum atomic E-state index is 1.09. The molecule has 0 radical (unpaired) electrons. The van der Waals surface area contributed by atoms with E-state index in [0.29, 0.717) is 0 Å². The van der Waals surface area contributed by atoms with Gasteiger partial charge in [0.2, 0.25) is 0 Å². The fourth-order valence-corrected chi connectivity index (χ4v) is 1.48. The molecular formula is C9H12N2. The van der Waals surface area contributed by atoms with Crippen LogP contribution in [0.1, 0.15) is 17.7 Å². The number of pyridine rings is 1. The third kappa shape index (κ3) is 1.20. The molecule has 0 aromatic carbocycles. The third-order valence-corrected chi connectivity index (χ3v) is 2.06. The number of aryl methyl sites for hydroxylation is 2. The van der Waals surface area contributed by atoms with Gasteiger partial charge in [-0.1, -0.05) is 0 Å². The van der Waals surface area contributed by atoms with Gasteiger partial charge in [-0.15, -0.1) is 0 Å². The summed E-state index contributed by atoms with van der Waals surface area (Å²) in [6.07, 6.45) is 4.38. The Balaban J connectivity index is 2.43. The van der Waals surface area contributed by atoms with Gasteiger partial charge in [0.05, 0.1) is 11.9 Å². The van der Waals surface area contributed by atoms with Crippen molar-refractivity contribution in [2.75, 3.05) is 11.9 Å². The monoisotopic (exact) mass is 148 g/mol. The number of anilines is 1. The molecule has 0 bridgehead atoms. The van der Waals surface area contributed by atoms with Gasteiger partial charge in [0.25, 0.3) is 0 Å². The van der Waals surface area contributed by atoms with E-state index in [0.717, 1.165) is 12.2 Å². The van der Waals surface area contributed by atoms with E-state index in [1.807, 2.05) is 13.1 Å². The maximum absolute atomic E-state index is 4.23. The second kappa shape index (κ2) is 2.53. The molecule has 0 saturated heterocycles. The molecule has 58 valence electrons. The number of hydrogen-bond acceptors (Lipinski definition) is 2. The van der Waals surface area contributed by atoms with Crippen LogP contribution in [-0.4, -0.2) is 11.5 Å². The summed E-state index contributed by atoms with van der Waals surface area (Å²) < 4.78 is 0. The second-order valence-electron chi connectivity index (χ2n) is 3.01. The van der Waals surface area contributed by atoms with Crippen LogP contribution in [-0.2, 0) is 6.42 Å². The first-order chi connectivity index (χ1) is 5.36. The third-order valence-electron chi connectivity index (χ3n) is 2.06. The summed E-state index contributed by atoms with van der Waals surface area (Å²) in [4.78, 5) is 4.23. The van der Waals surface area contributed by atoms with Crippen molar-refractivity contribution in [3.63, 3.8) is 0 Å². The zero-order chi connectivity index (χ0) is 7.68. The van der Waals surface area contributed by atoms with Crippen LogP contribution in [0.5, 0.6) is 0 Å². The highest BCUT2D eigenvalue weighted by atomic mass is 14.9. The standard InChI is InChI=1S/C9H12N2/c1-7-5-8-3-2-4-10-9(8)6-11-7/h5-6,10H,2-4H2,1H3. The molecule has 0 fully saturated rings. The summed E-state index contributed by atoms with van der Waals surface area (Å²) in [5.41, 5.74) is 3.76. The van der Waals surface area contributed by atoms with Gasteiger partial charge in [-0.3, -0.25) is 4.98 Å². The van der Waals surface area contributed by atoms with Crippen LogP contribution >= 0.6 is 0 Å². The van der Waals surface area contributed by atoms with Crippen LogP contribution in [0.15, 0.2) is 12.3 Å². The molecule has 0 atom stereocenters. The number of hydrogen-bond donors (Lipinski definition) is 1. The number of rotatable bonds is 0. The van der Waals surface area contributed by atoms with Gasteiger partial charge >= 0.3 is 0 Å². The van der Waals surface area contributed by atoms with Crippen molar-refractivity contribution in [3.05, 3.63) is 23.5 Å². The highest BCUT2D eigenvalue weighted by Gasteiger charge is 2.07. The van der Waals surface area contributed by atoms with Crippen LogP contribution in [0.4, 0.5) is 5.69 Å². The predicted molar refractivity (Wildman–Crippen MR) is 45.8 cm³/mol. The van der Waals surface area contributed by atoms with Crippen molar-refractivity contribution >= 4 is 5.69 Å². The van der Waals surface area contributed by atoms with Crippen LogP contribution in [0.2, 0.25) is 0 Å². The summed E-state index contributed by atoms with van der Waals surface area (Å²) in [7, 11) is 0. The van der Waals surface area contributed by atoms with E-state index in [9.17, 15) is 0 Å². The smallest absolute Gasteiger partial charge is 0.0559 e. The first-order valence-corrected chi connectivity index (χ1v) is 4.05. The Morgan fingerprint density at radius 1 is 1.55 bits per heavy atom. The first-order valence-electron chi connectivity index (χ1n) is 4.05. The minimum absolute atomic E-state index is 1.09. The van der Waals surface area contributed by atoms with E-state index in [4.69, 9.17) is 0 Å². The topological polar surface area (TPSA) is 24.9 Å². The fraction of sp³-hybridized carbons (Fsp3) is 0.444. The molecule has 1 aromatic rings. The lowest BCUT2D eigenvalue weighted by Gasteiger charge is -2.17. The van der Waals surface area contributed by atoms with E-state index in [1.165, 1.54) is 24.1 Å². The van der Waals surface area contributed by atoms with E-state index >= 15 is 0 Å².